The minimum absolute atomic E-state index is 0.552. The predicted molar refractivity (Wildman–Crippen MR) is 79.3 cm³/mol. The third-order valence-electron chi connectivity index (χ3n) is 3.24. The van der Waals surface area contributed by atoms with Crippen LogP contribution in [0.4, 0.5) is 0 Å². The van der Waals surface area contributed by atoms with Crippen LogP contribution in [0.3, 0.4) is 0 Å². The van der Waals surface area contributed by atoms with Crippen molar-refractivity contribution in [1.82, 2.24) is 0 Å². The highest BCUT2D eigenvalue weighted by molar-refractivity contribution is 5.80. The van der Waals surface area contributed by atoms with E-state index in [0.717, 1.165) is 12.8 Å². The molecular weight excluding hydrogens is 204 g/mol. The minimum Gasteiger partial charge on any atom is -0.0984 e. The van der Waals surface area contributed by atoms with Crippen molar-refractivity contribution in [2.75, 3.05) is 0 Å². The van der Waals surface area contributed by atoms with Crippen molar-refractivity contribution in [3.8, 4) is 0 Å². The number of rotatable bonds is 2. The second-order valence-corrected chi connectivity index (χ2v) is 4.56. The second-order valence-electron chi connectivity index (χ2n) is 4.56. The number of fused-ring (bicyclic) bond motifs is 1. The van der Waals surface area contributed by atoms with Gasteiger partial charge < -0.3 is 0 Å². The van der Waals surface area contributed by atoms with Gasteiger partial charge in [-0.2, -0.15) is 0 Å². The maximum Gasteiger partial charge on any atom is -0.0123 e. The highest BCUT2D eigenvalue weighted by Crippen LogP contribution is 2.37. The molecule has 0 bridgehead atoms. The molecule has 0 radical (unpaired) electrons. The van der Waals surface area contributed by atoms with Crippen molar-refractivity contribution >= 4 is 11.6 Å². The maximum atomic E-state index is 4.16. The lowest BCUT2D eigenvalue weighted by Crippen LogP contribution is -1.96. The van der Waals surface area contributed by atoms with Crippen molar-refractivity contribution in [2.24, 2.45) is 0 Å². The highest BCUT2D eigenvalue weighted by Gasteiger charge is 2.19. The molecule has 0 heteroatoms. The lowest BCUT2D eigenvalue weighted by Gasteiger charge is -2.14. The molecule has 0 saturated heterocycles. The molecule has 1 aromatic carbocycles. The zero-order valence-electron chi connectivity index (χ0n) is 11.6. The average molecular weight is 228 g/mol. The van der Waals surface area contributed by atoms with Gasteiger partial charge in [-0.05, 0) is 46.6 Å². The molecule has 0 aromatic heterocycles. The maximum absolute atomic E-state index is 4.16. The molecule has 0 nitrogen and oxygen atoms in total. The molecule has 0 unspecified atom stereocenters. The second kappa shape index (κ2) is 5.86. The summed E-state index contributed by atoms with van der Waals surface area (Å²) in [5.74, 6) is 0.552. The zero-order valence-corrected chi connectivity index (χ0v) is 11.6. The molecule has 0 N–H and O–H groups in total. The number of allylic oxidation sites excluding steroid dienone is 1. The monoisotopic (exact) mass is 228 g/mol. The van der Waals surface area contributed by atoms with Gasteiger partial charge in [0.25, 0.3) is 0 Å². The Morgan fingerprint density at radius 3 is 2.35 bits per heavy atom. The van der Waals surface area contributed by atoms with Gasteiger partial charge in [-0.25, -0.2) is 0 Å². The first kappa shape index (κ1) is 13.8. The fraction of sp³-hybridized carbons (Fsp3) is 0.412. The van der Waals surface area contributed by atoms with E-state index in [2.05, 4.69) is 39.1 Å². The molecule has 0 saturated carbocycles. The summed E-state index contributed by atoms with van der Waals surface area (Å²) in [6.07, 6.45) is 4.25. The van der Waals surface area contributed by atoms with Gasteiger partial charge in [-0.1, -0.05) is 59.1 Å². The number of hydrogen-bond donors (Lipinski definition) is 0. The van der Waals surface area contributed by atoms with E-state index in [0.29, 0.717) is 5.92 Å². The van der Waals surface area contributed by atoms with Crippen molar-refractivity contribution in [2.45, 2.75) is 46.5 Å². The van der Waals surface area contributed by atoms with E-state index >= 15 is 0 Å². The molecule has 92 valence electrons. The lowest BCUT2D eigenvalue weighted by molar-refractivity contribution is 0.862. The Labute approximate surface area is 106 Å². The molecule has 0 fully saturated rings. The van der Waals surface area contributed by atoms with Gasteiger partial charge in [0.2, 0.25) is 0 Å². The molecule has 0 atom stereocenters. The number of hydrogen-bond acceptors (Lipinski definition) is 0. The van der Waals surface area contributed by atoms with E-state index in [1.54, 1.807) is 0 Å². The molecule has 0 heterocycles. The van der Waals surface area contributed by atoms with Gasteiger partial charge in [-0.15, -0.1) is 0 Å². The van der Waals surface area contributed by atoms with Crippen molar-refractivity contribution in [3.05, 3.63) is 47.5 Å². The molecule has 1 aliphatic carbocycles. The van der Waals surface area contributed by atoms with Crippen LogP contribution in [-0.2, 0) is 6.42 Å². The third kappa shape index (κ3) is 2.52. The fourth-order valence-electron chi connectivity index (χ4n) is 2.44. The van der Waals surface area contributed by atoms with E-state index in [9.17, 15) is 0 Å². The molecule has 0 spiro atoms. The summed E-state index contributed by atoms with van der Waals surface area (Å²) in [5, 5.41) is 0. The van der Waals surface area contributed by atoms with Crippen molar-refractivity contribution < 1.29 is 0 Å². The van der Waals surface area contributed by atoms with E-state index in [1.165, 1.54) is 27.8 Å². The zero-order chi connectivity index (χ0) is 13.0. The van der Waals surface area contributed by atoms with Crippen LogP contribution in [0.25, 0.3) is 11.6 Å². The molecule has 1 aliphatic rings. The van der Waals surface area contributed by atoms with Crippen LogP contribution in [-0.4, -0.2) is 0 Å². The SMILES string of the molecule is C=Cc1c(C(C)C)ccc2c1C(=C)CC2.CC. The van der Waals surface area contributed by atoms with E-state index in [1.807, 2.05) is 19.9 Å². The summed E-state index contributed by atoms with van der Waals surface area (Å²) in [7, 11) is 0. The summed E-state index contributed by atoms with van der Waals surface area (Å²) < 4.78 is 0. The Bertz CT molecular complexity index is 422. The first-order chi connectivity index (χ1) is 8.15. The summed E-state index contributed by atoms with van der Waals surface area (Å²) in [4.78, 5) is 0. The standard InChI is InChI=1S/C15H18.C2H6/c1-5-13-14(10(2)3)9-8-12-7-6-11(4)15(12)13;1-2/h5,8-10H,1,4,6-7H2,2-3H3;1-2H3. The Hall–Kier alpha value is -1.30. The Morgan fingerprint density at radius 1 is 1.18 bits per heavy atom. The topological polar surface area (TPSA) is 0 Å². The summed E-state index contributed by atoms with van der Waals surface area (Å²) in [6.45, 7) is 16.6. The van der Waals surface area contributed by atoms with E-state index in [-0.39, 0.29) is 0 Å². The fourth-order valence-corrected chi connectivity index (χ4v) is 2.44. The summed E-state index contributed by atoms with van der Waals surface area (Å²) >= 11 is 0. The van der Waals surface area contributed by atoms with Crippen LogP contribution in [0.15, 0.2) is 25.3 Å². The highest BCUT2D eigenvalue weighted by atomic mass is 14.2. The van der Waals surface area contributed by atoms with Crippen LogP contribution in [0.1, 0.15) is 62.3 Å². The smallest absolute Gasteiger partial charge is 0.0123 e. The molecular formula is C17H24. The first-order valence-corrected chi connectivity index (χ1v) is 6.61. The Balaban J connectivity index is 0.000000686. The van der Waals surface area contributed by atoms with Gasteiger partial charge in [-0.3, -0.25) is 0 Å². The molecule has 1 aromatic rings. The largest absolute Gasteiger partial charge is 0.0984 e. The number of aryl methyl sites for hydroxylation is 1. The summed E-state index contributed by atoms with van der Waals surface area (Å²) in [5.41, 5.74) is 6.80. The minimum atomic E-state index is 0.552. The van der Waals surface area contributed by atoms with E-state index in [4.69, 9.17) is 0 Å². The van der Waals surface area contributed by atoms with Gasteiger partial charge >= 0.3 is 0 Å². The first-order valence-electron chi connectivity index (χ1n) is 6.61. The van der Waals surface area contributed by atoms with E-state index < -0.39 is 0 Å². The van der Waals surface area contributed by atoms with Gasteiger partial charge in [0.15, 0.2) is 0 Å². The third-order valence-corrected chi connectivity index (χ3v) is 3.24. The Morgan fingerprint density at radius 2 is 1.82 bits per heavy atom. The van der Waals surface area contributed by atoms with Crippen molar-refractivity contribution in [3.63, 3.8) is 0 Å². The molecule has 17 heavy (non-hydrogen) atoms. The van der Waals surface area contributed by atoms with Gasteiger partial charge in [0.1, 0.15) is 0 Å². The molecule has 0 aliphatic heterocycles. The summed E-state index contributed by atoms with van der Waals surface area (Å²) in [6, 6.07) is 4.51. The van der Waals surface area contributed by atoms with Gasteiger partial charge in [0.05, 0.1) is 0 Å². The van der Waals surface area contributed by atoms with Crippen LogP contribution in [0.2, 0.25) is 0 Å². The molecule has 0 amide bonds. The quantitative estimate of drug-likeness (QED) is 0.632. The number of benzene rings is 1. The Kier molecular flexibility index (Phi) is 4.74. The normalized spacial score (nSPS) is 13.1. The van der Waals surface area contributed by atoms with Gasteiger partial charge in [0, 0.05) is 0 Å². The lowest BCUT2D eigenvalue weighted by atomic mass is 9.90. The van der Waals surface area contributed by atoms with Crippen LogP contribution < -0.4 is 0 Å². The van der Waals surface area contributed by atoms with Crippen LogP contribution >= 0.6 is 0 Å². The van der Waals surface area contributed by atoms with Crippen LogP contribution in [0.5, 0.6) is 0 Å². The van der Waals surface area contributed by atoms with Crippen LogP contribution in [0, 0.1) is 0 Å². The average Bonchev–Trinajstić information content (AvgIpc) is 2.72. The molecule has 2 rings (SSSR count). The van der Waals surface area contributed by atoms with Crippen molar-refractivity contribution in [1.29, 1.82) is 0 Å². The predicted octanol–water partition coefficient (Wildman–Crippen LogP) is 5.44.